The molecule has 0 spiro atoms. The molecule has 2 aliphatic carbocycles. The van der Waals surface area contributed by atoms with Crippen molar-refractivity contribution in [3.63, 3.8) is 0 Å². The van der Waals surface area contributed by atoms with Crippen LogP contribution in [-0.4, -0.2) is 86.3 Å². The Morgan fingerprint density at radius 2 is 1.73 bits per heavy atom. The van der Waals surface area contributed by atoms with Crippen LogP contribution < -0.4 is 10.5 Å². The fourth-order valence-electron chi connectivity index (χ4n) is 8.80. The van der Waals surface area contributed by atoms with E-state index >= 15 is 0 Å². The fourth-order valence-corrected chi connectivity index (χ4v) is 8.80. The first-order valence-electron chi connectivity index (χ1n) is 18.5. The Hall–Kier alpha value is -3.89. The number of hydrogen-bond acceptors (Lipinski definition) is 6. The molecule has 1 atom stereocenters. The topological polar surface area (TPSA) is 118 Å². The number of benzene rings is 1. The molecule has 0 bridgehead atoms. The lowest BCUT2D eigenvalue weighted by Crippen LogP contribution is -2.45. The van der Waals surface area contributed by atoms with Gasteiger partial charge in [-0.15, -0.1) is 0 Å². The molecule has 1 aromatic carbocycles. The molecule has 10 nitrogen and oxygen atoms in total. The summed E-state index contributed by atoms with van der Waals surface area (Å²) in [7, 11) is 1.65. The minimum absolute atomic E-state index is 0.00703. The Kier molecular flexibility index (Phi) is 8.64. The van der Waals surface area contributed by atoms with Crippen LogP contribution in [0.3, 0.4) is 0 Å². The van der Waals surface area contributed by atoms with E-state index in [-0.39, 0.29) is 29.9 Å². The van der Waals surface area contributed by atoms with Crippen LogP contribution >= 0.6 is 0 Å². The maximum Gasteiger partial charge on any atom is 0.255 e. The Morgan fingerprint density at radius 3 is 2.45 bits per heavy atom. The Labute approximate surface area is 288 Å². The maximum absolute atomic E-state index is 13.6. The summed E-state index contributed by atoms with van der Waals surface area (Å²) in [6, 6.07) is 10.8. The molecule has 260 valence electrons. The van der Waals surface area contributed by atoms with E-state index in [1.807, 2.05) is 21.7 Å². The van der Waals surface area contributed by atoms with Gasteiger partial charge in [-0.3, -0.25) is 9.59 Å². The van der Waals surface area contributed by atoms with Crippen LogP contribution in [0.15, 0.2) is 36.5 Å². The number of rotatable bonds is 7. The molecule has 2 saturated carbocycles. The van der Waals surface area contributed by atoms with Gasteiger partial charge >= 0.3 is 0 Å². The third-order valence-electron chi connectivity index (χ3n) is 11.8. The number of ether oxygens (including phenoxy) is 1. The largest absolute Gasteiger partial charge is 0.494 e. The molecular formula is C39H50N6O4. The number of aromatic nitrogens is 3. The number of nitrogens with two attached hydrogens (primary N) is 1. The van der Waals surface area contributed by atoms with E-state index in [1.54, 1.807) is 7.11 Å². The number of likely N-dealkylation sites (tertiary alicyclic amines) is 2. The average Bonchev–Trinajstić information content (AvgIpc) is 3.79. The van der Waals surface area contributed by atoms with E-state index < -0.39 is 0 Å². The maximum atomic E-state index is 13.6. The second kappa shape index (κ2) is 13.1. The predicted octanol–water partition coefficient (Wildman–Crippen LogP) is 5.50. The van der Waals surface area contributed by atoms with E-state index in [1.165, 1.54) is 29.3 Å². The minimum atomic E-state index is -0.246. The van der Waals surface area contributed by atoms with Crippen molar-refractivity contribution in [1.82, 2.24) is 24.0 Å². The van der Waals surface area contributed by atoms with Crippen molar-refractivity contribution in [1.29, 1.82) is 0 Å². The van der Waals surface area contributed by atoms with E-state index in [0.717, 1.165) is 93.5 Å². The lowest BCUT2D eigenvalue weighted by atomic mass is 9.84. The number of hydrogen-bond donors (Lipinski definition) is 2. The summed E-state index contributed by atoms with van der Waals surface area (Å²) in [6.45, 7) is 5.89. The second-order valence-electron chi connectivity index (χ2n) is 15.2. The number of aliphatic hydroxyl groups excluding tert-OH is 1. The van der Waals surface area contributed by atoms with Crippen LogP contribution in [0.2, 0.25) is 0 Å². The molecule has 0 unspecified atom stereocenters. The number of carbonyl (C=O) groups excluding carboxylic acids is 2. The Balaban J connectivity index is 1.13. The summed E-state index contributed by atoms with van der Waals surface area (Å²) >= 11 is 0. The number of methoxy groups -OCH3 is 1. The predicted molar refractivity (Wildman–Crippen MR) is 190 cm³/mol. The minimum Gasteiger partial charge on any atom is -0.494 e. The first-order valence-corrected chi connectivity index (χ1v) is 18.5. The van der Waals surface area contributed by atoms with Crippen LogP contribution in [0.1, 0.15) is 91.6 Å². The summed E-state index contributed by atoms with van der Waals surface area (Å²) in [6.07, 6.45) is 10.9. The summed E-state index contributed by atoms with van der Waals surface area (Å²) < 4.78 is 10.2. The molecule has 4 aliphatic rings. The van der Waals surface area contributed by atoms with E-state index in [2.05, 4.69) is 40.7 Å². The highest BCUT2D eigenvalue weighted by atomic mass is 16.5. The van der Waals surface area contributed by atoms with Gasteiger partial charge in [-0.05, 0) is 101 Å². The number of fused-ring (bicyclic) bond motifs is 2. The molecule has 8 rings (SSSR count). The van der Waals surface area contributed by atoms with E-state index in [9.17, 15) is 14.7 Å². The molecule has 2 aliphatic heterocycles. The third kappa shape index (κ3) is 6.11. The van der Waals surface area contributed by atoms with Crippen LogP contribution in [0.5, 0.6) is 5.75 Å². The number of aliphatic hydroxyl groups is 1. The van der Waals surface area contributed by atoms with Gasteiger partial charge in [-0.1, -0.05) is 18.2 Å². The lowest BCUT2D eigenvalue weighted by molar-refractivity contribution is -0.138. The van der Waals surface area contributed by atoms with Gasteiger partial charge in [0.15, 0.2) is 0 Å². The normalized spacial score (nSPS) is 23.8. The molecule has 0 radical (unpaired) electrons. The quantitative estimate of drug-likeness (QED) is 0.269. The molecule has 3 aromatic heterocycles. The highest BCUT2D eigenvalue weighted by Crippen LogP contribution is 2.42. The summed E-state index contributed by atoms with van der Waals surface area (Å²) in [5.74, 6) is 1.97. The average molecular weight is 667 g/mol. The summed E-state index contributed by atoms with van der Waals surface area (Å²) in [5, 5.41) is 16.3. The van der Waals surface area contributed by atoms with Gasteiger partial charge in [0.1, 0.15) is 17.0 Å². The highest BCUT2D eigenvalue weighted by molar-refractivity contribution is 5.96. The zero-order valence-corrected chi connectivity index (χ0v) is 28.9. The third-order valence-corrected chi connectivity index (χ3v) is 11.8. The van der Waals surface area contributed by atoms with Crippen LogP contribution in [0.4, 0.5) is 0 Å². The van der Waals surface area contributed by atoms with E-state index in [0.29, 0.717) is 36.2 Å². The number of aryl methyl sites for hydroxylation is 1. The molecule has 5 heterocycles. The first-order chi connectivity index (χ1) is 23.8. The van der Waals surface area contributed by atoms with Gasteiger partial charge < -0.3 is 29.9 Å². The molecule has 2 saturated heterocycles. The smallest absolute Gasteiger partial charge is 0.255 e. The van der Waals surface area contributed by atoms with Crippen LogP contribution in [-0.2, 0) is 11.3 Å². The SMILES string of the molecule is COc1cc(C(=O)N2CCC[C@@H](N)C2)cn2nc(-c3cc4cccc(C5CCN(C(=O)[C@H]6CC[C@H](O)CC6)CC5)c4n3CC3CC3)c(C)c12. The molecule has 2 amide bonds. The molecule has 49 heavy (non-hydrogen) atoms. The van der Waals surface area contributed by atoms with Gasteiger partial charge in [0.25, 0.3) is 5.91 Å². The molecule has 3 N–H and O–H groups in total. The number of para-hydroxylation sites is 1. The Morgan fingerprint density at radius 1 is 0.959 bits per heavy atom. The molecular weight excluding hydrogens is 616 g/mol. The van der Waals surface area contributed by atoms with Crippen molar-refractivity contribution in [3.8, 4) is 17.1 Å². The van der Waals surface area contributed by atoms with Crippen LogP contribution in [0, 0.1) is 18.8 Å². The van der Waals surface area contributed by atoms with Crippen molar-refractivity contribution in [3.05, 3.63) is 53.2 Å². The zero-order valence-electron chi connectivity index (χ0n) is 28.9. The summed E-state index contributed by atoms with van der Waals surface area (Å²) in [4.78, 5) is 30.9. The van der Waals surface area contributed by atoms with Crippen molar-refractivity contribution < 1.29 is 19.4 Å². The van der Waals surface area contributed by atoms with Gasteiger partial charge in [0, 0.05) is 61.8 Å². The van der Waals surface area contributed by atoms with Crippen molar-refractivity contribution in [2.45, 2.75) is 95.7 Å². The standard InChI is InChI=1S/C39H50N6O4/c1-24-35(41-45-22-29(20-34(49-2)36(24)45)39(48)43-16-4-6-30(40)23-43)33-19-28-5-3-7-32(37(28)44(33)21-25-8-9-25)26-14-17-42(18-15-26)38(47)27-10-12-31(46)13-11-27/h3,5,7,19-20,22,25-27,30-31,46H,4,6,8-18,21,23,40H2,1-2H3/t27-,30-,31-/m1/s1. The number of carbonyl (C=O) groups is 2. The summed E-state index contributed by atoms with van der Waals surface area (Å²) in [5.41, 5.74) is 13.3. The molecule has 4 fully saturated rings. The van der Waals surface area contributed by atoms with Crippen molar-refractivity contribution in [2.75, 3.05) is 33.3 Å². The Bertz CT molecular complexity index is 1880. The number of nitrogens with zero attached hydrogens (tertiary/aromatic N) is 5. The monoisotopic (exact) mass is 666 g/mol. The number of amides is 2. The second-order valence-corrected chi connectivity index (χ2v) is 15.2. The first kappa shape index (κ1) is 32.3. The van der Waals surface area contributed by atoms with E-state index in [4.69, 9.17) is 15.6 Å². The number of piperidine rings is 2. The number of pyridine rings is 1. The van der Waals surface area contributed by atoms with Crippen LogP contribution in [0.25, 0.3) is 27.8 Å². The highest BCUT2D eigenvalue weighted by Gasteiger charge is 2.33. The van der Waals surface area contributed by atoms with Gasteiger partial charge in [-0.2, -0.15) is 5.10 Å². The van der Waals surface area contributed by atoms with Gasteiger partial charge in [-0.25, -0.2) is 4.52 Å². The lowest BCUT2D eigenvalue weighted by Gasteiger charge is -2.36. The zero-order chi connectivity index (χ0) is 33.8. The fraction of sp³-hybridized carbons (Fsp3) is 0.564. The van der Waals surface area contributed by atoms with Gasteiger partial charge in [0.05, 0.1) is 30.0 Å². The van der Waals surface area contributed by atoms with Crippen molar-refractivity contribution >= 4 is 28.2 Å². The van der Waals surface area contributed by atoms with Gasteiger partial charge in [0.2, 0.25) is 5.91 Å². The van der Waals surface area contributed by atoms with Crippen molar-refractivity contribution in [2.24, 2.45) is 17.6 Å². The molecule has 10 heteroatoms. The molecule has 4 aromatic rings.